The van der Waals surface area contributed by atoms with Crippen molar-refractivity contribution >= 4 is 34.2 Å². The first-order valence-corrected chi connectivity index (χ1v) is 9.18. The SMILES string of the molecule is COc1ccc2cc(CN(C)C(=O)COC(=O)c3ccc(F)cc3Cl)ccc2c1. The number of rotatable bonds is 6. The number of carbonyl (C=O) groups excluding carboxylic acids is 2. The van der Waals surface area contributed by atoms with Gasteiger partial charge < -0.3 is 14.4 Å². The molecule has 29 heavy (non-hydrogen) atoms. The van der Waals surface area contributed by atoms with Crippen molar-refractivity contribution in [2.24, 2.45) is 0 Å². The van der Waals surface area contributed by atoms with Crippen LogP contribution in [0.25, 0.3) is 10.8 Å². The average Bonchev–Trinajstić information content (AvgIpc) is 2.71. The van der Waals surface area contributed by atoms with E-state index in [9.17, 15) is 14.0 Å². The predicted molar refractivity (Wildman–Crippen MR) is 109 cm³/mol. The van der Waals surface area contributed by atoms with E-state index < -0.39 is 18.4 Å². The van der Waals surface area contributed by atoms with E-state index in [1.807, 2.05) is 36.4 Å². The molecule has 0 atom stereocenters. The molecule has 0 fully saturated rings. The van der Waals surface area contributed by atoms with E-state index >= 15 is 0 Å². The Morgan fingerprint density at radius 2 is 1.76 bits per heavy atom. The second kappa shape index (κ2) is 8.92. The number of fused-ring (bicyclic) bond motifs is 1. The zero-order valence-electron chi connectivity index (χ0n) is 15.9. The zero-order valence-corrected chi connectivity index (χ0v) is 16.7. The molecule has 7 heteroatoms. The maximum Gasteiger partial charge on any atom is 0.340 e. The van der Waals surface area contributed by atoms with Gasteiger partial charge >= 0.3 is 5.97 Å². The smallest absolute Gasteiger partial charge is 0.340 e. The van der Waals surface area contributed by atoms with Gasteiger partial charge in [0.2, 0.25) is 0 Å². The summed E-state index contributed by atoms with van der Waals surface area (Å²) in [6.45, 7) is -0.0799. The van der Waals surface area contributed by atoms with Crippen LogP contribution < -0.4 is 4.74 Å². The number of nitrogens with zero attached hydrogens (tertiary/aromatic N) is 1. The first-order valence-electron chi connectivity index (χ1n) is 8.80. The molecule has 0 spiro atoms. The van der Waals surface area contributed by atoms with Crippen LogP contribution in [0.3, 0.4) is 0 Å². The van der Waals surface area contributed by atoms with Gasteiger partial charge in [0.1, 0.15) is 11.6 Å². The maximum absolute atomic E-state index is 13.1. The molecule has 0 N–H and O–H groups in total. The summed E-state index contributed by atoms with van der Waals surface area (Å²) in [6.07, 6.45) is 0. The number of likely N-dealkylation sites (N-methyl/N-ethyl adjacent to an activating group) is 1. The van der Waals surface area contributed by atoms with Crippen LogP contribution >= 0.6 is 11.6 Å². The average molecular weight is 416 g/mol. The molecule has 0 aliphatic rings. The van der Waals surface area contributed by atoms with Crippen LogP contribution in [0.4, 0.5) is 4.39 Å². The lowest BCUT2D eigenvalue weighted by Gasteiger charge is -2.18. The Kier molecular flexibility index (Phi) is 6.34. The number of hydrogen-bond donors (Lipinski definition) is 0. The van der Waals surface area contributed by atoms with E-state index in [0.717, 1.165) is 34.2 Å². The van der Waals surface area contributed by atoms with Gasteiger partial charge in [-0.2, -0.15) is 0 Å². The van der Waals surface area contributed by atoms with Crippen molar-refractivity contribution in [2.45, 2.75) is 6.54 Å². The number of methoxy groups -OCH3 is 1. The van der Waals surface area contributed by atoms with E-state index in [1.165, 1.54) is 11.0 Å². The molecule has 0 aromatic heterocycles. The molecule has 3 aromatic carbocycles. The van der Waals surface area contributed by atoms with E-state index in [-0.39, 0.29) is 16.5 Å². The monoisotopic (exact) mass is 415 g/mol. The Morgan fingerprint density at radius 1 is 1.03 bits per heavy atom. The van der Waals surface area contributed by atoms with Crippen LogP contribution in [-0.4, -0.2) is 37.5 Å². The standard InChI is InChI=1S/C22H19ClFNO4/c1-25(12-14-3-4-16-10-18(28-2)7-5-15(16)9-14)21(26)13-29-22(27)19-8-6-17(24)11-20(19)23/h3-11H,12-13H2,1-2H3. The first-order chi connectivity index (χ1) is 13.9. The molecule has 0 unspecified atom stereocenters. The molecule has 0 saturated heterocycles. The van der Waals surface area contributed by atoms with Crippen LogP contribution in [0.2, 0.25) is 5.02 Å². The number of ether oxygens (including phenoxy) is 2. The fourth-order valence-corrected chi connectivity index (χ4v) is 3.08. The molecule has 3 rings (SSSR count). The van der Waals surface area contributed by atoms with Crippen molar-refractivity contribution in [1.82, 2.24) is 4.90 Å². The summed E-state index contributed by atoms with van der Waals surface area (Å²) in [4.78, 5) is 25.8. The van der Waals surface area contributed by atoms with Crippen LogP contribution in [0.5, 0.6) is 5.75 Å². The Hall–Kier alpha value is -3.12. The fourth-order valence-electron chi connectivity index (χ4n) is 2.83. The summed E-state index contributed by atoms with van der Waals surface area (Å²) in [7, 11) is 3.24. The number of amides is 1. The minimum absolute atomic E-state index is 0.00785. The number of halogens is 2. The van der Waals surface area contributed by atoms with Gasteiger partial charge in [-0.1, -0.05) is 29.8 Å². The summed E-state index contributed by atoms with van der Waals surface area (Å²) >= 11 is 5.83. The van der Waals surface area contributed by atoms with E-state index in [4.69, 9.17) is 21.1 Å². The first kappa shape index (κ1) is 20.6. The highest BCUT2D eigenvalue weighted by Crippen LogP contribution is 2.22. The molecule has 0 aliphatic carbocycles. The molecular weight excluding hydrogens is 397 g/mol. The van der Waals surface area contributed by atoms with Crippen LogP contribution in [0, 0.1) is 5.82 Å². The fraction of sp³-hybridized carbons (Fsp3) is 0.182. The summed E-state index contributed by atoms with van der Waals surface area (Å²) in [5.74, 6) is -0.931. The van der Waals surface area contributed by atoms with Crippen molar-refractivity contribution in [3.8, 4) is 5.75 Å². The topological polar surface area (TPSA) is 55.8 Å². The Balaban J connectivity index is 1.60. The van der Waals surface area contributed by atoms with Gasteiger partial charge in [-0.25, -0.2) is 9.18 Å². The van der Waals surface area contributed by atoms with Gasteiger partial charge in [0.15, 0.2) is 6.61 Å². The second-order valence-electron chi connectivity index (χ2n) is 6.50. The molecule has 1 amide bonds. The molecule has 5 nitrogen and oxygen atoms in total. The summed E-state index contributed by atoms with van der Waals surface area (Å²) in [5.41, 5.74) is 0.944. The molecule has 0 aliphatic heterocycles. The van der Waals surface area contributed by atoms with Gasteiger partial charge in [0.25, 0.3) is 5.91 Å². The molecule has 3 aromatic rings. The van der Waals surface area contributed by atoms with E-state index in [0.29, 0.717) is 6.54 Å². The number of esters is 1. The van der Waals surface area contributed by atoms with Gasteiger partial charge in [0.05, 0.1) is 17.7 Å². The third-order valence-corrected chi connectivity index (χ3v) is 4.75. The lowest BCUT2D eigenvalue weighted by molar-refractivity contribution is -0.133. The van der Waals surface area contributed by atoms with Crippen molar-refractivity contribution in [1.29, 1.82) is 0 Å². The number of benzene rings is 3. The van der Waals surface area contributed by atoms with Crippen molar-refractivity contribution in [3.63, 3.8) is 0 Å². The summed E-state index contributed by atoms with van der Waals surface area (Å²) < 4.78 is 23.3. The minimum Gasteiger partial charge on any atom is -0.497 e. The van der Waals surface area contributed by atoms with Crippen LogP contribution in [-0.2, 0) is 16.1 Å². The van der Waals surface area contributed by atoms with Gasteiger partial charge in [-0.15, -0.1) is 0 Å². The van der Waals surface area contributed by atoms with Gasteiger partial charge in [0, 0.05) is 13.6 Å². The van der Waals surface area contributed by atoms with Gasteiger partial charge in [-0.05, 0) is 52.7 Å². The van der Waals surface area contributed by atoms with Crippen LogP contribution in [0.1, 0.15) is 15.9 Å². The predicted octanol–water partition coefficient (Wildman–Crippen LogP) is 4.46. The second-order valence-corrected chi connectivity index (χ2v) is 6.90. The largest absolute Gasteiger partial charge is 0.497 e. The van der Waals surface area contributed by atoms with E-state index in [2.05, 4.69) is 0 Å². The lowest BCUT2D eigenvalue weighted by Crippen LogP contribution is -2.30. The summed E-state index contributed by atoms with van der Waals surface area (Å²) in [6, 6.07) is 15.0. The Morgan fingerprint density at radius 3 is 2.48 bits per heavy atom. The molecule has 0 radical (unpaired) electrons. The Labute approximate surface area is 172 Å². The summed E-state index contributed by atoms with van der Waals surface area (Å²) in [5, 5.41) is 2.00. The Bertz CT molecular complexity index is 1070. The number of carbonyl (C=O) groups is 2. The lowest BCUT2D eigenvalue weighted by atomic mass is 10.1. The highest BCUT2D eigenvalue weighted by atomic mass is 35.5. The van der Waals surface area contributed by atoms with Gasteiger partial charge in [-0.3, -0.25) is 4.79 Å². The number of hydrogen-bond acceptors (Lipinski definition) is 4. The molecule has 0 saturated carbocycles. The maximum atomic E-state index is 13.1. The highest BCUT2D eigenvalue weighted by molar-refractivity contribution is 6.33. The normalized spacial score (nSPS) is 10.6. The van der Waals surface area contributed by atoms with Crippen molar-refractivity contribution < 1.29 is 23.5 Å². The van der Waals surface area contributed by atoms with Crippen molar-refractivity contribution in [3.05, 3.63) is 76.6 Å². The zero-order chi connectivity index (χ0) is 21.0. The molecule has 0 bridgehead atoms. The quantitative estimate of drug-likeness (QED) is 0.558. The third-order valence-electron chi connectivity index (χ3n) is 4.44. The molecule has 0 heterocycles. The third kappa shape index (κ3) is 5.03. The van der Waals surface area contributed by atoms with Crippen LogP contribution in [0.15, 0.2) is 54.6 Å². The van der Waals surface area contributed by atoms with E-state index in [1.54, 1.807) is 14.2 Å². The molecular formula is C22H19ClFNO4. The molecule has 150 valence electrons. The highest BCUT2D eigenvalue weighted by Gasteiger charge is 2.16. The van der Waals surface area contributed by atoms with Crippen molar-refractivity contribution in [2.75, 3.05) is 20.8 Å². The minimum atomic E-state index is -0.781.